The molecule has 7 nitrogen and oxygen atoms in total. The molecular weight excluding hydrogens is 479 g/mol. The molecule has 1 unspecified atom stereocenters. The molecule has 0 saturated carbocycles. The summed E-state index contributed by atoms with van der Waals surface area (Å²) >= 11 is 0. The predicted molar refractivity (Wildman–Crippen MR) is 122 cm³/mol. The zero-order chi connectivity index (χ0) is 19.0. The SMILES string of the molecule is CN=C(NCCOCCS(C)(=O)=O)NC1CCN(c2ccc(C)cc2)C1.I. The number of hydrogen-bond donors (Lipinski definition) is 2. The van der Waals surface area contributed by atoms with Crippen molar-refractivity contribution in [2.75, 3.05) is 56.8 Å². The fourth-order valence-electron chi connectivity index (χ4n) is 2.81. The summed E-state index contributed by atoms with van der Waals surface area (Å²) in [5.41, 5.74) is 2.52. The first kappa shape index (κ1) is 24.0. The first-order valence-electron chi connectivity index (χ1n) is 8.91. The molecule has 9 heteroatoms. The van der Waals surface area contributed by atoms with Crippen molar-refractivity contribution in [1.29, 1.82) is 0 Å². The van der Waals surface area contributed by atoms with Crippen molar-refractivity contribution in [2.24, 2.45) is 4.99 Å². The van der Waals surface area contributed by atoms with Gasteiger partial charge in [0.1, 0.15) is 9.84 Å². The number of hydrogen-bond acceptors (Lipinski definition) is 5. The summed E-state index contributed by atoms with van der Waals surface area (Å²) in [6.45, 7) is 5.30. The summed E-state index contributed by atoms with van der Waals surface area (Å²) in [6.07, 6.45) is 2.27. The van der Waals surface area contributed by atoms with Crippen LogP contribution in [0.1, 0.15) is 12.0 Å². The van der Waals surface area contributed by atoms with E-state index in [0.29, 0.717) is 19.2 Å². The second kappa shape index (κ2) is 11.7. The van der Waals surface area contributed by atoms with Crippen LogP contribution in [-0.2, 0) is 14.6 Å². The van der Waals surface area contributed by atoms with Crippen LogP contribution in [0.25, 0.3) is 0 Å². The summed E-state index contributed by atoms with van der Waals surface area (Å²) in [5, 5.41) is 6.64. The number of sulfone groups is 1. The van der Waals surface area contributed by atoms with Crippen molar-refractivity contribution in [3.8, 4) is 0 Å². The number of rotatable bonds is 8. The lowest BCUT2D eigenvalue weighted by molar-refractivity contribution is 0.154. The van der Waals surface area contributed by atoms with E-state index in [1.165, 1.54) is 17.5 Å². The van der Waals surface area contributed by atoms with Gasteiger partial charge in [-0.15, -0.1) is 24.0 Å². The molecule has 27 heavy (non-hydrogen) atoms. The molecule has 1 atom stereocenters. The zero-order valence-corrected chi connectivity index (χ0v) is 19.4. The highest BCUT2D eigenvalue weighted by molar-refractivity contribution is 14.0. The number of nitrogens with zero attached hydrogens (tertiary/aromatic N) is 2. The van der Waals surface area contributed by atoms with Crippen molar-refractivity contribution in [3.63, 3.8) is 0 Å². The van der Waals surface area contributed by atoms with Gasteiger partial charge in [-0.05, 0) is 25.5 Å². The molecule has 0 radical (unpaired) electrons. The van der Waals surface area contributed by atoms with Gasteiger partial charge in [0.15, 0.2) is 5.96 Å². The molecule has 0 spiro atoms. The van der Waals surface area contributed by atoms with E-state index < -0.39 is 9.84 Å². The van der Waals surface area contributed by atoms with Gasteiger partial charge in [0, 0.05) is 44.7 Å². The Morgan fingerprint density at radius 3 is 2.63 bits per heavy atom. The van der Waals surface area contributed by atoms with E-state index in [1.807, 2.05) is 0 Å². The van der Waals surface area contributed by atoms with E-state index in [-0.39, 0.29) is 36.3 Å². The van der Waals surface area contributed by atoms with Gasteiger partial charge in [0.05, 0.1) is 19.0 Å². The fourth-order valence-corrected chi connectivity index (χ4v) is 3.23. The average molecular weight is 510 g/mol. The smallest absolute Gasteiger partial charge is 0.191 e. The topological polar surface area (TPSA) is 83.0 Å². The maximum atomic E-state index is 11.0. The van der Waals surface area contributed by atoms with E-state index in [1.54, 1.807) is 7.05 Å². The Balaban J connectivity index is 0.00000364. The maximum Gasteiger partial charge on any atom is 0.191 e. The minimum atomic E-state index is -2.96. The van der Waals surface area contributed by atoms with Gasteiger partial charge in [0.25, 0.3) is 0 Å². The van der Waals surface area contributed by atoms with Crippen molar-refractivity contribution < 1.29 is 13.2 Å². The molecular formula is C18H31IN4O3S. The molecule has 2 N–H and O–H groups in total. The Kier molecular flexibility index (Phi) is 10.4. The number of benzene rings is 1. The lowest BCUT2D eigenvalue weighted by Crippen LogP contribution is -2.45. The van der Waals surface area contributed by atoms with Gasteiger partial charge in [-0.3, -0.25) is 4.99 Å². The summed E-state index contributed by atoms with van der Waals surface area (Å²) in [5.74, 6) is 0.796. The predicted octanol–water partition coefficient (Wildman–Crippen LogP) is 1.42. The van der Waals surface area contributed by atoms with Crippen LogP contribution >= 0.6 is 24.0 Å². The van der Waals surface area contributed by atoms with Gasteiger partial charge in [-0.2, -0.15) is 0 Å². The second-order valence-corrected chi connectivity index (χ2v) is 8.91. The van der Waals surface area contributed by atoms with Gasteiger partial charge >= 0.3 is 0 Å². The molecule has 0 aliphatic carbocycles. The molecule has 0 bridgehead atoms. The van der Waals surface area contributed by atoms with Gasteiger partial charge < -0.3 is 20.3 Å². The molecule has 1 aromatic carbocycles. The van der Waals surface area contributed by atoms with E-state index >= 15 is 0 Å². The first-order valence-corrected chi connectivity index (χ1v) is 11.0. The van der Waals surface area contributed by atoms with Crippen LogP contribution in [0, 0.1) is 6.92 Å². The Morgan fingerprint density at radius 2 is 2.00 bits per heavy atom. The van der Waals surface area contributed by atoms with Crippen LogP contribution in [0.4, 0.5) is 5.69 Å². The molecule has 1 aliphatic rings. The van der Waals surface area contributed by atoms with Crippen LogP contribution in [-0.4, -0.2) is 72.3 Å². The third-order valence-corrected chi connectivity index (χ3v) is 5.20. The Labute approximate surface area is 179 Å². The van der Waals surface area contributed by atoms with Crippen LogP contribution in [0.2, 0.25) is 0 Å². The minimum Gasteiger partial charge on any atom is -0.379 e. The summed E-state index contributed by atoms with van der Waals surface area (Å²) in [7, 11) is -1.22. The van der Waals surface area contributed by atoms with Crippen LogP contribution in [0.15, 0.2) is 29.3 Å². The standard InChI is InChI=1S/C18H30N4O3S.HI/c1-15-4-6-17(7-5-15)22-10-8-16(14-22)21-18(19-2)20-9-11-25-12-13-26(3,23)24;/h4-7,16H,8-14H2,1-3H3,(H2,19,20,21);1H. The number of ether oxygens (including phenoxy) is 1. The largest absolute Gasteiger partial charge is 0.379 e. The Hall–Kier alpha value is -1.07. The summed E-state index contributed by atoms with van der Waals surface area (Å²) in [6, 6.07) is 8.95. The fraction of sp³-hybridized carbons (Fsp3) is 0.611. The van der Waals surface area contributed by atoms with Crippen molar-refractivity contribution in [1.82, 2.24) is 10.6 Å². The first-order chi connectivity index (χ1) is 12.4. The van der Waals surface area contributed by atoms with Crippen LogP contribution in [0.3, 0.4) is 0 Å². The molecule has 0 amide bonds. The minimum absolute atomic E-state index is 0. The lowest BCUT2D eigenvalue weighted by Gasteiger charge is -2.20. The molecule has 1 heterocycles. The highest BCUT2D eigenvalue weighted by Gasteiger charge is 2.23. The van der Waals surface area contributed by atoms with E-state index in [2.05, 4.69) is 51.7 Å². The third-order valence-electron chi connectivity index (χ3n) is 4.29. The normalized spacial score (nSPS) is 17.5. The Bertz CT molecular complexity index is 695. The van der Waals surface area contributed by atoms with E-state index in [4.69, 9.17) is 4.74 Å². The van der Waals surface area contributed by atoms with E-state index in [0.717, 1.165) is 25.5 Å². The number of anilines is 1. The highest BCUT2D eigenvalue weighted by atomic mass is 127. The van der Waals surface area contributed by atoms with Crippen LogP contribution < -0.4 is 15.5 Å². The van der Waals surface area contributed by atoms with E-state index in [9.17, 15) is 8.42 Å². The third kappa shape index (κ3) is 9.11. The molecule has 2 rings (SSSR count). The molecule has 1 saturated heterocycles. The number of aryl methyl sites for hydroxylation is 1. The Morgan fingerprint density at radius 1 is 1.30 bits per heavy atom. The van der Waals surface area contributed by atoms with Crippen LogP contribution in [0.5, 0.6) is 0 Å². The van der Waals surface area contributed by atoms with Gasteiger partial charge in [-0.25, -0.2) is 8.42 Å². The van der Waals surface area contributed by atoms with Gasteiger partial charge in [-0.1, -0.05) is 17.7 Å². The second-order valence-electron chi connectivity index (χ2n) is 6.65. The quantitative estimate of drug-likeness (QED) is 0.238. The zero-order valence-electron chi connectivity index (χ0n) is 16.3. The number of guanidine groups is 1. The summed E-state index contributed by atoms with van der Waals surface area (Å²) in [4.78, 5) is 6.62. The average Bonchev–Trinajstić information content (AvgIpc) is 3.05. The number of halogens is 1. The monoisotopic (exact) mass is 510 g/mol. The van der Waals surface area contributed by atoms with Crippen molar-refractivity contribution >= 4 is 45.5 Å². The number of aliphatic imine (C=N–C) groups is 1. The van der Waals surface area contributed by atoms with Gasteiger partial charge in [0.2, 0.25) is 0 Å². The summed E-state index contributed by atoms with van der Waals surface area (Å²) < 4.78 is 27.4. The maximum absolute atomic E-state index is 11.0. The molecule has 154 valence electrons. The molecule has 1 fully saturated rings. The van der Waals surface area contributed by atoms with Crippen molar-refractivity contribution in [2.45, 2.75) is 19.4 Å². The molecule has 0 aromatic heterocycles. The molecule has 1 aromatic rings. The molecule has 1 aliphatic heterocycles. The number of nitrogens with one attached hydrogen (secondary N) is 2. The van der Waals surface area contributed by atoms with Crippen molar-refractivity contribution in [3.05, 3.63) is 29.8 Å². The highest BCUT2D eigenvalue weighted by Crippen LogP contribution is 2.20. The lowest BCUT2D eigenvalue weighted by atomic mass is 10.2.